The van der Waals surface area contributed by atoms with Gasteiger partial charge < -0.3 is 26.2 Å². The van der Waals surface area contributed by atoms with Crippen LogP contribution in [0.4, 0.5) is 0 Å². The van der Waals surface area contributed by atoms with Crippen molar-refractivity contribution in [2.75, 3.05) is 0 Å². The number of aromatic hydroxyl groups is 4. The predicted octanol–water partition coefficient (Wildman–Crippen LogP) is 1.54. The average Bonchev–Trinajstić information content (AvgIpc) is 2.58. The summed E-state index contributed by atoms with van der Waals surface area (Å²) in [5.74, 6) is -5.22. The molecule has 0 fully saturated rings. The van der Waals surface area contributed by atoms with Crippen LogP contribution in [0, 0.1) is 0 Å². The van der Waals surface area contributed by atoms with Crippen molar-refractivity contribution in [3.8, 4) is 23.0 Å². The van der Waals surface area contributed by atoms with E-state index in [1.54, 1.807) is 0 Å². The van der Waals surface area contributed by atoms with Gasteiger partial charge in [-0.05, 0) is 23.6 Å². The Kier molecular flexibility index (Phi) is 3.17. The molecular formula is C19H11NO7. The molecule has 0 aromatic heterocycles. The Labute approximate surface area is 150 Å². The summed E-state index contributed by atoms with van der Waals surface area (Å²) in [6.45, 7) is 0. The monoisotopic (exact) mass is 365 g/mol. The minimum absolute atomic E-state index is 0.0241. The fourth-order valence-electron chi connectivity index (χ4n) is 3.41. The number of rotatable bonds is 1. The first-order valence-electron chi connectivity index (χ1n) is 7.69. The fraction of sp³-hybridized carbons (Fsp3) is 0. The van der Waals surface area contributed by atoms with Crippen LogP contribution in [-0.2, 0) is 0 Å². The van der Waals surface area contributed by atoms with Crippen molar-refractivity contribution >= 4 is 28.2 Å². The molecule has 134 valence electrons. The van der Waals surface area contributed by atoms with Gasteiger partial charge in [0.15, 0.2) is 5.78 Å². The van der Waals surface area contributed by atoms with E-state index in [1.807, 2.05) is 0 Å². The standard InChI is InChI=1S/C19H11NO7/c20-19(27)14-10(22)5-6-4-8-13(16(24)11(6)17(14)25)18(26)12-7(15(8)23)2-1-3-9(12)21/h1-5,21-22,24-25H,(H2,20,27). The number of hydrogen-bond acceptors (Lipinski definition) is 7. The van der Waals surface area contributed by atoms with E-state index in [9.17, 15) is 34.8 Å². The van der Waals surface area contributed by atoms with Crippen LogP contribution < -0.4 is 5.73 Å². The number of carbonyl (C=O) groups is 3. The summed E-state index contributed by atoms with van der Waals surface area (Å²) >= 11 is 0. The molecule has 0 unspecified atom stereocenters. The first kappa shape index (κ1) is 16.4. The van der Waals surface area contributed by atoms with E-state index in [4.69, 9.17) is 5.73 Å². The molecule has 1 aliphatic carbocycles. The molecular weight excluding hydrogens is 354 g/mol. The molecule has 8 nitrogen and oxygen atoms in total. The van der Waals surface area contributed by atoms with Crippen molar-refractivity contribution in [3.63, 3.8) is 0 Å². The lowest BCUT2D eigenvalue weighted by atomic mass is 9.81. The number of carbonyl (C=O) groups excluding carboxylic acids is 3. The molecule has 1 amide bonds. The number of benzene rings is 3. The second kappa shape index (κ2) is 5.21. The van der Waals surface area contributed by atoms with Crippen LogP contribution in [0.2, 0.25) is 0 Å². The average molecular weight is 365 g/mol. The lowest BCUT2D eigenvalue weighted by molar-refractivity contribution is 0.0974. The minimum atomic E-state index is -1.14. The van der Waals surface area contributed by atoms with Gasteiger partial charge in [-0.25, -0.2) is 0 Å². The molecule has 0 saturated carbocycles. The molecule has 0 spiro atoms. The number of ketones is 2. The van der Waals surface area contributed by atoms with E-state index in [-0.39, 0.29) is 27.5 Å². The van der Waals surface area contributed by atoms with E-state index in [0.29, 0.717) is 0 Å². The Morgan fingerprint density at radius 2 is 1.52 bits per heavy atom. The first-order chi connectivity index (χ1) is 12.7. The van der Waals surface area contributed by atoms with Crippen molar-refractivity contribution in [1.82, 2.24) is 0 Å². The van der Waals surface area contributed by atoms with Crippen molar-refractivity contribution < 1.29 is 34.8 Å². The number of fused-ring (bicyclic) bond motifs is 3. The van der Waals surface area contributed by atoms with Gasteiger partial charge in [-0.15, -0.1) is 0 Å². The van der Waals surface area contributed by atoms with Crippen LogP contribution in [0.15, 0.2) is 30.3 Å². The fourth-order valence-corrected chi connectivity index (χ4v) is 3.41. The van der Waals surface area contributed by atoms with Gasteiger partial charge in [0.1, 0.15) is 28.6 Å². The van der Waals surface area contributed by atoms with Crippen LogP contribution in [0.1, 0.15) is 42.2 Å². The Morgan fingerprint density at radius 1 is 0.815 bits per heavy atom. The molecule has 6 N–H and O–H groups in total. The smallest absolute Gasteiger partial charge is 0.256 e. The van der Waals surface area contributed by atoms with E-state index in [0.717, 1.165) is 6.07 Å². The van der Waals surface area contributed by atoms with Crippen molar-refractivity contribution in [1.29, 1.82) is 0 Å². The summed E-state index contributed by atoms with van der Waals surface area (Å²) in [7, 11) is 0. The molecule has 3 aromatic rings. The number of nitrogens with two attached hydrogens (primary N) is 1. The van der Waals surface area contributed by atoms with Crippen LogP contribution in [0.5, 0.6) is 23.0 Å². The quantitative estimate of drug-likeness (QED) is 0.342. The molecule has 3 aromatic carbocycles. The Morgan fingerprint density at radius 3 is 2.19 bits per heavy atom. The van der Waals surface area contributed by atoms with E-state index >= 15 is 0 Å². The molecule has 0 atom stereocenters. The Balaban J connectivity index is 2.15. The van der Waals surface area contributed by atoms with Crippen molar-refractivity contribution in [3.05, 3.63) is 58.1 Å². The number of amides is 1. The van der Waals surface area contributed by atoms with Gasteiger partial charge in [0.25, 0.3) is 5.91 Å². The second-order valence-electron chi connectivity index (χ2n) is 6.09. The molecule has 27 heavy (non-hydrogen) atoms. The number of phenols is 4. The first-order valence-corrected chi connectivity index (χ1v) is 7.69. The molecule has 0 radical (unpaired) electrons. The van der Waals surface area contributed by atoms with Crippen LogP contribution in [0.3, 0.4) is 0 Å². The molecule has 0 saturated heterocycles. The molecule has 1 aliphatic rings. The van der Waals surface area contributed by atoms with Gasteiger partial charge in [0.2, 0.25) is 5.78 Å². The van der Waals surface area contributed by atoms with Crippen molar-refractivity contribution in [2.24, 2.45) is 5.73 Å². The third-order valence-corrected chi connectivity index (χ3v) is 4.59. The Bertz CT molecular complexity index is 1230. The lowest BCUT2D eigenvalue weighted by Crippen LogP contribution is -2.21. The number of primary amides is 1. The Hall–Kier alpha value is -4.07. The van der Waals surface area contributed by atoms with Crippen LogP contribution in [0.25, 0.3) is 10.8 Å². The van der Waals surface area contributed by atoms with Gasteiger partial charge in [-0.3, -0.25) is 14.4 Å². The molecule has 8 heteroatoms. The third kappa shape index (κ3) is 2.00. The highest BCUT2D eigenvalue weighted by Crippen LogP contribution is 2.46. The van der Waals surface area contributed by atoms with Crippen molar-refractivity contribution in [2.45, 2.75) is 0 Å². The topological polar surface area (TPSA) is 158 Å². The maximum Gasteiger partial charge on any atom is 0.256 e. The molecule has 0 bridgehead atoms. The summed E-state index contributed by atoms with van der Waals surface area (Å²) in [6, 6.07) is 6.26. The highest BCUT2D eigenvalue weighted by Gasteiger charge is 2.36. The second-order valence-corrected chi connectivity index (χ2v) is 6.09. The summed E-state index contributed by atoms with van der Waals surface area (Å²) < 4.78 is 0. The van der Waals surface area contributed by atoms with Gasteiger partial charge in [0.05, 0.1) is 16.5 Å². The molecule has 4 rings (SSSR count). The zero-order valence-corrected chi connectivity index (χ0v) is 13.5. The number of phenolic OH excluding ortho intramolecular Hbond substituents is 2. The normalized spacial score (nSPS) is 12.7. The molecule has 0 heterocycles. The minimum Gasteiger partial charge on any atom is -0.507 e. The maximum atomic E-state index is 12.8. The van der Waals surface area contributed by atoms with Gasteiger partial charge in [0, 0.05) is 11.1 Å². The largest absolute Gasteiger partial charge is 0.507 e. The summed E-state index contributed by atoms with van der Waals surface area (Å²) in [5, 5.41) is 40.6. The predicted molar refractivity (Wildman–Crippen MR) is 92.4 cm³/mol. The van der Waals surface area contributed by atoms with Gasteiger partial charge >= 0.3 is 0 Å². The summed E-state index contributed by atoms with van der Waals surface area (Å²) in [6.07, 6.45) is 0. The summed E-state index contributed by atoms with van der Waals surface area (Å²) in [4.78, 5) is 37.1. The van der Waals surface area contributed by atoms with Crippen LogP contribution >= 0.6 is 0 Å². The SMILES string of the molecule is NC(=O)c1c(O)cc2cc3c(c(O)c2c1O)C(=O)c1c(O)cccc1C3=O. The molecule has 0 aliphatic heterocycles. The lowest BCUT2D eigenvalue weighted by Gasteiger charge is -2.21. The van der Waals surface area contributed by atoms with E-state index < -0.39 is 51.6 Å². The maximum absolute atomic E-state index is 12.8. The van der Waals surface area contributed by atoms with Gasteiger partial charge in [-0.2, -0.15) is 0 Å². The third-order valence-electron chi connectivity index (χ3n) is 4.59. The van der Waals surface area contributed by atoms with Gasteiger partial charge in [-0.1, -0.05) is 12.1 Å². The number of hydrogen-bond donors (Lipinski definition) is 5. The highest BCUT2D eigenvalue weighted by molar-refractivity contribution is 6.32. The zero-order valence-electron chi connectivity index (χ0n) is 13.5. The van der Waals surface area contributed by atoms with Crippen LogP contribution in [-0.4, -0.2) is 37.9 Å². The highest BCUT2D eigenvalue weighted by atomic mass is 16.3. The summed E-state index contributed by atoms with van der Waals surface area (Å²) in [5.41, 5.74) is 3.63. The van der Waals surface area contributed by atoms with E-state index in [1.165, 1.54) is 24.3 Å². The zero-order chi connectivity index (χ0) is 19.6. The van der Waals surface area contributed by atoms with E-state index in [2.05, 4.69) is 0 Å².